The van der Waals surface area contributed by atoms with Crippen molar-refractivity contribution < 1.29 is 0 Å². The van der Waals surface area contributed by atoms with Crippen LogP contribution in [-0.2, 0) is 0 Å². The van der Waals surface area contributed by atoms with Gasteiger partial charge in [0, 0.05) is 12.7 Å². The largest absolute Gasteiger partial charge is 0.308 e. The fourth-order valence-electron chi connectivity index (χ4n) is 2.60. The van der Waals surface area contributed by atoms with Crippen LogP contribution in [0.25, 0.3) is 11.2 Å². The Bertz CT molecular complexity index is 517. The Balaban J connectivity index is 2.12. The second-order valence-electron chi connectivity index (χ2n) is 4.58. The van der Waals surface area contributed by atoms with E-state index < -0.39 is 0 Å². The molecule has 1 aliphatic heterocycles. The Morgan fingerprint density at radius 3 is 3.06 bits per heavy atom. The number of hydrogen-bond acceptors (Lipinski definition) is 3. The van der Waals surface area contributed by atoms with Crippen LogP contribution in [0.3, 0.4) is 0 Å². The second kappa shape index (κ2) is 3.56. The van der Waals surface area contributed by atoms with Crippen LogP contribution in [0.1, 0.15) is 18.3 Å². The molecule has 2 aromatic rings. The van der Waals surface area contributed by atoms with Gasteiger partial charge in [0.2, 0.25) is 0 Å². The van der Waals surface area contributed by atoms with E-state index in [1.165, 1.54) is 6.42 Å². The van der Waals surface area contributed by atoms with E-state index in [2.05, 4.69) is 33.4 Å². The van der Waals surface area contributed by atoms with E-state index >= 15 is 0 Å². The van der Waals surface area contributed by atoms with Gasteiger partial charge in [-0.05, 0) is 39.1 Å². The summed E-state index contributed by atoms with van der Waals surface area (Å²) in [5.41, 5.74) is 2.04. The molecule has 4 heteroatoms. The number of aromatic nitrogens is 3. The second-order valence-corrected chi connectivity index (χ2v) is 4.58. The highest BCUT2D eigenvalue weighted by Gasteiger charge is 2.24. The van der Waals surface area contributed by atoms with Crippen molar-refractivity contribution >= 4 is 11.2 Å². The molecule has 0 amide bonds. The molecule has 1 fully saturated rings. The zero-order valence-electron chi connectivity index (χ0n) is 9.72. The van der Waals surface area contributed by atoms with Gasteiger partial charge in [-0.25, -0.2) is 9.97 Å². The average Bonchev–Trinajstić information content (AvgIpc) is 2.80. The normalized spacial score (nSPS) is 22.0. The molecule has 2 aromatic heterocycles. The van der Waals surface area contributed by atoms with Gasteiger partial charge in [-0.3, -0.25) is 0 Å². The van der Waals surface area contributed by atoms with Gasteiger partial charge in [0.05, 0.1) is 6.04 Å². The minimum atomic E-state index is 0.532. The monoisotopic (exact) mass is 216 g/mol. The Hall–Kier alpha value is -1.42. The van der Waals surface area contributed by atoms with E-state index in [1.54, 1.807) is 0 Å². The number of imidazole rings is 1. The first kappa shape index (κ1) is 9.78. The Morgan fingerprint density at radius 1 is 1.44 bits per heavy atom. The lowest BCUT2D eigenvalue weighted by Gasteiger charge is -2.14. The smallest absolute Gasteiger partial charge is 0.160 e. The number of hydrogen-bond donors (Lipinski definition) is 0. The third-order valence-corrected chi connectivity index (χ3v) is 3.36. The molecular weight excluding hydrogens is 200 g/mol. The van der Waals surface area contributed by atoms with Crippen LogP contribution in [0.4, 0.5) is 0 Å². The molecule has 16 heavy (non-hydrogen) atoms. The van der Waals surface area contributed by atoms with Crippen LogP contribution in [0.5, 0.6) is 0 Å². The quantitative estimate of drug-likeness (QED) is 0.726. The van der Waals surface area contributed by atoms with Crippen LogP contribution in [0.2, 0.25) is 0 Å². The van der Waals surface area contributed by atoms with Crippen LogP contribution in [0.15, 0.2) is 18.3 Å². The van der Waals surface area contributed by atoms with Crippen LogP contribution < -0.4 is 0 Å². The van der Waals surface area contributed by atoms with Gasteiger partial charge in [-0.15, -0.1) is 0 Å². The number of fused-ring (bicyclic) bond motifs is 1. The predicted octanol–water partition coefficient (Wildman–Crippen LogP) is 1.62. The van der Waals surface area contributed by atoms with E-state index in [0.29, 0.717) is 6.04 Å². The summed E-state index contributed by atoms with van der Waals surface area (Å²) in [6, 6.07) is 4.51. The third kappa shape index (κ3) is 1.41. The molecule has 4 nitrogen and oxygen atoms in total. The van der Waals surface area contributed by atoms with E-state index in [9.17, 15) is 0 Å². The molecule has 1 aliphatic rings. The van der Waals surface area contributed by atoms with E-state index in [0.717, 1.165) is 30.1 Å². The minimum absolute atomic E-state index is 0.532. The predicted molar refractivity (Wildman–Crippen MR) is 63.4 cm³/mol. The zero-order chi connectivity index (χ0) is 11.1. The molecule has 0 aliphatic carbocycles. The highest BCUT2D eigenvalue weighted by molar-refractivity contribution is 5.71. The molecule has 1 saturated heterocycles. The molecule has 0 bridgehead atoms. The van der Waals surface area contributed by atoms with Crippen LogP contribution in [-0.4, -0.2) is 39.6 Å². The van der Waals surface area contributed by atoms with Gasteiger partial charge >= 0.3 is 0 Å². The van der Waals surface area contributed by atoms with Crippen molar-refractivity contribution in [3.05, 3.63) is 24.2 Å². The maximum Gasteiger partial charge on any atom is 0.160 e. The lowest BCUT2D eigenvalue weighted by atomic mass is 10.2. The first-order chi connectivity index (χ1) is 7.75. The fraction of sp³-hybridized carbons (Fsp3) is 0.500. The van der Waals surface area contributed by atoms with Gasteiger partial charge in [0.15, 0.2) is 5.65 Å². The van der Waals surface area contributed by atoms with Gasteiger partial charge in [0.25, 0.3) is 0 Å². The maximum absolute atomic E-state index is 4.56. The standard InChI is InChI=1S/C12H16N4/c1-9-14-11-4-3-6-13-12(11)16(9)10-5-7-15(2)8-10/h3-4,6,10H,5,7-8H2,1-2H3. The highest BCUT2D eigenvalue weighted by atomic mass is 15.2. The highest BCUT2D eigenvalue weighted by Crippen LogP contribution is 2.25. The van der Waals surface area contributed by atoms with Gasteiger partial charge in [0.1, 0.15) is 11.3 Å². The van der Waals surface area contributed by atoms with Crippen molar-refractivity contribution in [1.29, 1.82) is 0 Å². The summed E-state index contributed by atoms with van der Waals surface area (Å²) in [6.45, 7) is 4.33. The summed E-state index contributed by atoms with van der Waals surface area (Å²) in [7, 11) is 2.17. The summed E-state index contributed by atoms with van der Waals surface area (Å²) < 4.78 is 2.29. The van der Waals surface area contributed by atoms with E-state index in [1.807, 2.05) is 18.3 Å². The molecule has 0 N–H and O–H groups in total. The lowest BCUT2D eigenvalue weighted by molar-refractivity contribution is 0.392. The van der Waals surface area contributed by atoms with Gasteiger partial charge < -0.3 is 9.47 Å². The maximum atomic E-state index is 4.56. The first-order valence-corrected chi connectivity index (χ1v) is 5.74. The number of aryl methyl sites for hydroxylation is 1. The molecule has 3 heterocycles. The summed E-state index contributed by atoms with van der Waals surface area (Å²) in [5, 5.41) is 0. The van der Waals surface area contributed by atoms with Gasteiger partial charge in [-0.2, -0.15) is 0 Å². The third-order valence-electron chi connectivity index (χ3n) is 3.36. The Morgan fingerprint density at radius 2 is 2.31 bits per heavy atom. The molecule has 0 saturated carbocycles. The topological polar surface area (TPSA) is 34.0 Å². The molecule has 0 spiro atoms. The fourth-order valence-corrected chi connectivity index (χ4v) is 2.60. The van der Waals surface area contributed by atoms with Crippen molar-refractivity contribution in [1.82, 2.24) is 19.4 Å². The lowest BCUT2D eigenvalue weighted by Crippen LogP contribution is -2.17. The molecule has 1 atom stereocenters. The first-order valence-electron chi connectivity index (χ1n) is 5.74. The molecule has 84 valence electrons. The van der Waals surface area contributed by atoms with Crippen LogP contribution in [0, 0.1) is 6.92 Å². The van der Waals surface area contributed by atoms with E-state index in [4.69, 9.17) is 0 Å². The number of likely N-dealkylation sites (N-methyl/N-ethyl adjacent to an activating group) is 1. The number of rotatable bonds is 1. The summed E-state index contributed by atoms with van der Waals surface area (Å²) >= 11 is 0. The van der Waals surface area contributed by atoms with Crippen molar-refractivity contribution in [2.24, 2.45) is 0 Å². The van der Waals surface area contributed by atoms with Gasteiger partial charge in [-0.1, -0.05) is 0 Å². The molecule has 0 aromatic carbocycles. The summed E-state index contributed by atoms with van der Waals surface area (Å²) in [5.74, 6) is 1.08. The molecule has 3 rings (SSSR count). The molecular formula is C12H16N4. The van der Waals surface area contributed by atoms with Crippen molar-refractivity contribution in [3.63, 3.8) is 0 Å². The number of likely N-dealkylation sites (tertiary alicyclic amines) is 1. The average molecular weight is 216 g/mol. The van der Waals surface area contributed by atoms with E-state index in [-0.39, 0.29) is 0 Å². The number of nitrogens with zero attached hydrogens (tertiary/aromatic N) is 4. The molecule has 0 radical (unpaired) electrons. The summed E-state index contributed by atoms with van der Waals surface area (Å²) in [6.07, 6.45) is 3.04. The van der Waals surface area contributed by atoms with Crippen molar-refractivity contribution in [2.75, 3.05) is 20.1 Å². The van der Waals surface area contributed by atoms with Crippen molar-refractivity contribution in [3.8, 4) is 0 Å². The number of pyridine rings is 1. The van der Waals surface area contributed by atoms with Crippen LogP contribution >= 0.6 is 0 Å². The zero-order valence-corrected chi connectivity index (χ0v) is 9.72. The SMILES string of the molecule is Cc1nc2cccnc2n1C1CCN(C)C1. The van der Waals surface area contributed by atoms with Crippen molar-refractivity contribution in [2.45, 2.75) is 19.4 Å². The molecule has 1 unspecified atom stereocenters. The summed E-state index contributed by atoms with van der Waals surface area (Å²) in [4.78, 5) is 11.4. The Kier molecular flexibility index (Phi) is 2.17. The Labute approximate surface area is 94.9 Å². The minimum Gasteiger partial charge on any atom is -0.308 e.